The molecule has 0 bridgehead atoms. The van der Waals surface area contributed by atoms with Gasteiger partial charge in [-0.05, 0) is 55.2 Å². The van der Waals surface area contributed by atoms with Gasteiger partial charge in [-0.3, -0.25) is 9.59 Å². The van der Waals surface area contributed by atoms with Crippen LogP contribution in [0.4, 0.5) is 5.13 Å². The number of carbonyl (C=O) groups is 2. The monoisotopic (exact) mass is 516 g/mol. The minimum atomic E-state index is -0.327. The number of hydrogen-bond acceptors (Lipinski definition) is 6. The molecule has 2 N–H and O–H groups in total. The second-order valence-electron chi connectivity index (χ2n) is 8.85. The van der Waals surface area contributed by atoms with Crippen LogP contribution >= 0.6 is 11.3 Å². The highest BCUT2D eigenvalue weighted by molar-refractivity contribution is 7.14. The fraction of sp³-hybridized carbons (Fsp3) is 0.286. The Balaban J connectivity index is 1.35. The van der Waals surface area contributed by atoms with Gasteiger partial charge in [0.25, 0.3) is 5.91 Å². The number of amides is 2. The highest BCUT2D eigenvalue weighted by Crippen LogP contribution is 2.27. The Hall–Kier alpha value is -3.98. The number of allylic oxidation sites excluding steroid dienone is 3. The van der Waals surface area contributed by atoms with Crippen LogP contribution in [0.3, 0.4) is 0 Å². The lowest BCUT2D eigenvalue weighted by molar-refractivity contribution is -0.115. The molecular weight excluding hydrogens is 484 g/mol. The Morgan fingerprint density at radius 1 is 1.22 bits per heavy atom. The third-order valence-corrected chi connectivity index (χ3v) is 6.72. The summed E-state index contributed by atoms with van der Waals surface area (Å²) in [5.74, 6) is 0.425. The maximum atomic E-state index is 12.3. The van der Waals surface area contributed by atoms with Gasteiger partial charge >= 0.3 is 0 Å². The Kier molecular flexibility index (Phi) is 8.68. The van der Waals surface area contributed by atoms with Crippen molar-refractivity contribution in [1.29, 1.82) is 0 Å². The van der Waals surface area contributed by atoms with Gasteiger partial charge in [0.2, 0.25) is 5.91 Å². The zero-order valence-corrected chi connectivity index (χ0v) is 22.2. The van der Waals surface area contributed by atoms with Crippen molar-refractivity contribution in [2.45, 2.75) is 26.7 Å². The molecule has 0 aliphatic carbocycles. The molecule has 2 aromatic heterocycles. The lowest BCUT2D eigenvalue weighted by Crippen LogP contribution is -2.35. The standard InChI is InChI=1S/C28H32N6O2S/c1-4-7-25(34-13-6-14-34)29-12-10-20(2)21-8-5-9-22(16-21)24-19-37-28(31-24)32-26(35)17-30-27(36)23-11-15-33(3)18-23/h5,7-12,15-16,18-19H,4,6,13-14,17H2,1-3H3,(H,30,36)(H,31,32,35)/b20-10+,25-7-,29-12-. The van der Waals surface area contributed by atoms with Crippen molar-refractivity contribution in [2.75, 3.05) is 25.0 Å². The Bertz CT molecular complexity index is 1350. The first-order valence-electron chi connectivity index (χ1n) is 12.4. The molecule has 9 heteroatoms. The van der Waals surface area contributed by atoms with Crippen molar-refractivity contribution in [2.24, 2.45) is 12.0 Å². The molecule has 3 heterocycles. The number of carbonyl (C=O) groups excluding carboxylic acids is 2. The molecule has 1 aromatic carbocycles. The van der Waals surface area contributed by atoms with E-state index in [9.17, 15) is 9.59 Å². The number of anilines is 1. The number of rotatable bonds is 10. The van der Waals surface area contributed by atoms with Crippen LogP contribution in [0.5, 0.6) is 0 Å². The Morgan fingerprint density at radius 2 is 2.05 bits per heavy atom. The van der Waals surface area contributed by atoms with Crippen LogP contribution in [-0.4, -0.2) is 52.1 Å². The number of aliphatic imine (C=N–C) groups is 1. The highest BCUT2D eigenvalue weighted by atomic mass is 32.1. The molecule has 0 spiro atoms. The van der Waals surface area contributed by atoms with E-state index in [1.54, 1.807) is 23.0 Å². The molecule has 1 saturated heterocycles. The van der Waals surface area contributed by atoms with E-state index in [0.717, 1.165) is 47.7 Å². The number of thiazole rings is 1. The fourth-order valence-electron chi connectivity index (χ4n) is 3.76. The van der Waals surface area contributed by atoms with Crippen molar-refractivity contribution in [3.8, 4) is 11.3 Å². The van der Waals surface area contributed by atoms with Crippen molar-refractivity contribution < 1.29 is 9.59 Å². The van der Waals surface area contributed by atoms with Gasteiger partial charge in [0.1, 0.15) is 5.82 Å². The summed E-state index contributed by atoms with van der Waals surface area (Å²) in [4.78, 5) is 36.0. The third kappa shape index (κ3) is 7.04. The van der Waals surface area contributed by atoms with Gasteiger partial charge in [0.05, 0.1) is 17.8 Å². The van der Waals surface area contributed by atoms with Gasteiger partial charge in [0, 0.05) is 49.7 Å². The summed E-state index contributed by atoms with van der Waals surface area (Å²) in [6.07, 6.45) is 11.7. The molecular formula is C28H32N6O2S. The van der Waals surface area contributed by atoms with Crippen LogP contribution in [0.2, 0.25) is 0 Å². The summed E-state index contributed by atoms with van der Waals surface area (Å²) in [5, 5.41) is 7.78. The number of benzene rings is 1. The summed E-state index contributed by atoms with van der Waals surface area (Å²) in [5.41, 5.74) is 4.43. The molecule has 0 atom stereocenters. The van der Waals surface area contributed by atoms with E-state index in [1.165, 1.54) is 17.8 Å². The summed E-state index contributed by atoms with van der Waals surface area (Å²) in [7, 11) is 1.83. The van der Waals surface area contributed by atoms with E-state index < -0.39 is 0 Å². The fourth-order valence-corrected chi connectivity index (χ4v) is 4.50. The molecule has 37 heavy (non-hydrogen) atoms. The quantitative estimate of drug-likeness (QED) is 0.373. The lowest BCUT2D eigenvalue weighted by Gasteiger charge is -2.33. The zero-order chi connectivity index (χ0) is 26.2. The minimum absolute atomic E-state index is 0.128. The van der Waals surface area contributed by atoms with Crippen LogP contribution in [0.15, 0.2) is 71.1 Å². The van der Waals surface area contributed by atoms with Gasteiger partial charge < -0.3 is 20.1 Å². The molecule has 1 aliphatic heterocycles. The number of nitrogens with zero attached hydrogens (tertiary/aromatic N) is 4. The first-order valence-corrected chi connectivity index (χ1v) is 13.2. The Morgan fingerprint density at radius 3 is 2.76 bits per heavy atom. The number of aryl methyl sites for hydroxylation is 1. The van der Waals surface area contributed by atoms with Gasteiger partial charge in [0.15, 0.2) is 5.13 Å². The first kappa shape index (κ1) is 26.1. The molecule has 0 saturated carbocycles. The van der Waals surface area contributed by atoms with Crippen molar-refractivity contribution in [1.82, 2.24) is 19.8 Å². The smallest absolute Gasteiger partial charge is 0.253 e. The van der Waals surface area contributed by atoms with Crippen LogP contribution in [0, 0.1) is 0 Å². The average Bonchev–Trinajstić information content (AvgIpc) is 3.51. The van der Waals surface area contributed by atoms with Crippen molar-refractivity contribution in [3.63, 3.8) is 0 Å². The number of aromatic nitrogens is 2. The molecule has 8 nitrogen and oxygen atoms in total. The summed E-state index contributed by atoms with van der Waals surface area (Å²) < 4.78 is 1.78. The lowest BCUT2D eigenvalue weighted by atomic mass is 10.0. The third-order valence-electron chi connectivity index (χ3n) is 5.97. The normalized spacial score (nSPS) is 14.1. The molecule has 0 radical (unpaired) electrons. The van der Waals surface area contributed by atoms with E-state index in [2.05, 4.69) is 57.6 Å². The summed E-state index contributed by atoms with van der Waals surface area (Å²) >= 11 is 1.35. The highest BCUT2D eigenvalue weighted by Gasteiger charge is 2.15. The van der Waals surface area contributed by atoms with E-state index in [4.69, 9.17) is 0 Å². The minimum Gasteiger partial charge on any atom is -0.357 e. The predicted octanol–water partition coefficient (Wildman–Crippen LogP) is 4.95. The number of nitrogens with one attached hydrogen (secondary N) is 2. The maximum Gasteiger partial charge on any atom is 0.253 e. The zero-order valence-electron chi connectivity index (χ0n) is 21.4. The Labute approximate surface area is 221 Å². The molecule has 192 valence electrons. The summed E-state index contributed by atoms with van der Waals surface area (Å²) in [6, 6.07) is 9.84. The molecule has 2 amide bonds. The second kappa shape index (κ2) is 12.3. The van der Waals surface area contributed by atoms with Crippen molar-refractivity contribution in [3.05, 3.63) is 77.2 Å². The van der Waals surface area contributed by atoms with E-state index in [0.29, 0.717) is 10.7 Å². The van der Waals surface area contributed by atoms with Crippen LogP contribution < -0.4 is 10.6 Å². The second-order valence-corrected chi connectivity index (χ2v) is 9.71. The molecule has 3 aromatic rings. The van der Waals surface area contributed by atoms with Gasteiger partial charge in [-0.15, -0.1) is 11.3 Å². The first-order chi connectivity index (χ1) is 17.9. The molecule has 0 unspecified atom stereocenters. The van der Waals surface area contributed by atoms with Gasteiger partial charge in [-0.2, -0.15) is 0 Å². The van der Waals surface area contributed by atoms with E-state index in [1.807, 2.05) is 36.9 Å². The maximum absolute atomic E-state index is 12.3. The van der Waals surface area contributed by atoms with Crippen LogP contribution in [0.25, 0.3) is 16.8 Å². The van der Waals surface area contributed by atoms with Crippen LogP contribution in [-0.2, 0) is 11.8 Å². The molecule has 1 aliphatic rings. The SMILES string of the molecule is CC/C=C(/N=C\C=C(/C)c1cccc(-c2csc(NC(=O)CNC(=O)c3ccn(C)c3)n2)c1)N1CCC1. The molecule has 1 fully saturated rings. The summed E-state index contributed by atoms with van der Waals surface area (Å²) in [6.45, 7) is 6.21. The largest absolute Gasteiger partial charge is 0.357 e. The van der Waals surface area contributed by atoms with Crippen molar-refractivity contribution >= 4 is 40.1 Å². The predicted molar refractivity (Wildman–Crippen MR) is 151 cm³/mol. The van der Waals surface area contributed by atoms with Gasteiger partial charge in [-0.25, -0.2) is 9.98 Å². The van der Waals surface area contributed by atoms with Gasteiger partial charge in [-0.1, -0.05) is 25.1 Å². The number of likely N-dealkylation sites (tertiary alicyclic amines) is 1. The van der Waals surface area contributed by atoms with E-state index >= 15 is 0 Å². The topological polar surface area (TPSA) is 91.6 Å². The number of hydrogen-bond donors (Lipinski definition) is 2. The molecule has 4 rings (SSSR count). The average molecular weight is 517 g/mol. The van der Waals surface area contributed by atoms with E-state index in [-0.39, 0.29) is 18.4 Å². The van der Waals surface area contributed by atoms with Crippen LogP contribution in [0.1, 0.15) is 42.6 Å².